The first-order valence-corrected chi connectivity index (χ1v) is 9.67. The molecule has 1 aliphatic rings. The van der Waals surface area contributed by atoms with E-state index in [9.17, 15) is 9.59 Å². The molecule has 0 aliphatic carbocycles. The SMILES string of the molecule is CC(C)(C)OC(=O)N1CCc2[nH]nc(C(=O)NCc3ccc(Cl)cc3)c2CC1. The maximum atomic E-state index is 12.6. The Morgan fingerprint density at radius 2 is 1.89 bits per heavy atom. The van der Waals surface area contributed by atoms with Crippen molar-refractivity contribution in [3.05, 3.63) is 51.8 Å². The van der Waals surface area contributed by atoms with Gasteiger partial charge in [-0.05, 0) is 44.9 Å². The summed E-state index contributed by atoms with van der Waals surface area (Å²) in [4.78, 5) is 26.6. The van der Waals surface area contributed by atoms with Crippen molar-refractivity contribution >= 4 is 23.6 Å². The van der Waals surface area contributed by atoms with Crippen LogP contribution in [0.3, 0.4) is 0 Å². The summed E-state index contributed by atoms with van der Waals surface area (Å²) in [5.74, 6) is -0.238. The van der Waals surface area contributed by atoms with Gasteiger partial charge in [-0.1, -0.05) is 23.7 Å². The number of fused-ring (bicyclic) bond motifs is 1. The first kappa shape index (κ1) is 20.2. The van der Waals surface area contributed by atoms with Crippen molar-refractivity contribution in [1.29, 1.82) is 0 Å². The molecule has 0 bridgehead atoms. The number of aromatic amines is 1. The van der Waals surface area contributed by atoms with Gasteiger partial charge in [0.25, 0.3) is 5.91 Å². The van der Waals surface area contributed by atoms with E-state index in [1.807, 2.05) is 32.9 Å². The first-order chi connectivity index (χ1) is 13.2. The molecule has 0 unspecified atom stereocenters. The van der Waals surface area contributed by atoms with Gasteiger partial charge in [-0.15, -0.1) is 0 Å². The van der Waals surface area contributed by atoms with Crippen LogP contribution in [0.25, 0.3) is 0 Å². The standard InChI is InChI=1S/C20H25ClN4O3/c1-20(2,3)28-19(27)25-10-8-15-16(9-11-25)23-24-17(15)18(26)22-12-13-4-6-14(21)7-5-13/h4-7H,8-12H2,1-3H3,(H,22,26)(H,23,24). The van der Waals surface area contributed by atoms with Crippen molar-refractivity contribution < 1.29 is 14.3 Å². The van der Waals surface area contributed by atoms with E-state index in [0.29, 0.717) is 43.2 Å². The molecule has 0 fully saturated rings. The van der Waals surface area contributed by atoms with Gasteiger partial charge in [0, 0.05) is 42.3 Å². The smallest absolute Gasteiger partial charge is 0.410 e. The second-order valence-corrected chi connectivity index (χ2v) is 8.24. The molecule has 1 aromatic heterocycles. The molecule has 7 nitrogen and oxygen atoms in total. The number of hydrogen-bond acceptors (Lipinski definition) is 4. The fraction of sp³-hybridized carbons (Fsp3) is 0.450. The van der Waals surface area contributed by atoms with Gasteiger partial charge in [-0.3, -0.25) is 9.89 Å². The lowest BCUT2D eigenvalue weighted by Gasteiger charge is -2.26. The third kappa shape index (κ3) is 5.04. The summed E-state index contributed by atoms with van der Waals surface area (Å²) < 4.78 is 5.45. The number of H-pyrrole nitrogens is 1. The number of halogens is 1. The molecule has 0 radical (unpaired) electrons. The Hall–Kier alpha value is -2.54. The van der Waals surface area contributed by atoms with Crippen LogP contribution >= 0.6 is 11.6 Å². The number of benzene rings is 1. The zero-order valence-corrected chi connectivity index (χ0v) is 17.1. The van der Waals surface area contributed by atoms with Gasteiger partial charge in [0.1, 0.15) is 5.60 Å². The van der Waals surface area contributed by atoms with E-state index >= 15 is 0 Å². The molecule has 2 aromatic rings. The summed E-state index contributed by atoms with van der Waals surface area (Å²) in [6.45, 7) is 6.94. The zero-order valence-electron chi connectivity index (χ0n) is 16.3. The topological polar surface area (TPSA) is 87.3 Å². The van der Waals surface area contributed by atoms with Gasteiger partial charge in [-0.25, -0.2) is 4.79 Å². The van der Waals surface area contributed by atoms with Crippen LogP contribution in [0.4, 0.5) is 4.79 Å². The van der Waals surface area contributed by atoms with Crippen molar-refractivity contribution in [3.63, 3.8) is 0 Å². The van der Waals surface area contributed by atoms with Crippen molar-refractivity contribution in [3.8, 4) is 0 Å². The van der Waals surface area contributed by atoms with E-state index in [1.165, 1.54) is 0 Å². The first-order valence-electron chi connectivity index (χ1n) is 9.29. The maximum absolute atomic E-state index is 12.6. The Bertz CT molecular complexity index is 855. The molecule has 2 heterocycles. The minimum atomic E-state index is -0.536. The van der Waals surface area contributed by atoms with Gasteiger partial charge in [-0.2, -0.15) is 5.10 Å². The van der Waals surface area contributed by atoms with E-state index in [1.54, 1.807) is 17.0 Å². The van der Waals surface area contributed by atoms with Crippen molar-refractivity contribution in [2.45, 2.75) is 45.8 Å². The van der Waals surface area contributed by atoms with E-state index in [2.05, 4.69) is 15.5 Å². The van der Waals surface area contributed by atoms with Crippen LogP contribution in [0, 0.1) is 0 Å². The average Bonchev–Trinajstić information content (AvgIpc) is 2.90. The van der Waals surface area contributed by atoms with Crippen molar-refractivity contribution in [2.75, 3.05) is 13.1 Å². The third-order valence-electron chi connectivity index (χ3n) is 4.45. The fourth-order valence-electron chi connectivity index (χ4n) is 3.05. The number of amides is 2. The molecule has 28 heavy (non-hydrogen) atoms. The lowest BCUT2D eigenvalue weighted by Crippen LogP contribution is -2.38. The summed E-state index contributed by atoms with van der Waals surface area (Å²) in [5.41, 5.74) is 2.55. The predicted molar refractivity (Wildman–Crippen MR) is 106 cm³/mol. The summed E-state index contributed by atoms with van der Waals surface area (Å²) >= 11 is 5.88. The van der Waals surface area contributed by atoms with Crippen LogP contribution in [-0.2, 0) is 24.1 Å². The summed E-state index contributed by atoms with van der Waals surface area (Å²) in [6, 6.07) is 7.31. The number of aromatic nitrogens is 2. The predicted octanol–water partition coefficient (Wildman–Crippen LogP) is 3.33. The van der Waals surface area contributed by atoms with Gasteiger partial charge in [0.2, 0.25) is 0 Å². The van der Waals surface area contributed by atoms with Gasteiger partial charge >= 0.3 is 6.09 Å². The minimum absolute atomic E-state index is 0.238. The molecule has 8 heteroatoms. The molecule has 150 valence electrons. The lowest BCUT2D eigenvalue weighted by molar-refractivity contribution is 0.0258. The molecule has 1 aliphatic heterocycles. The Labute approximate surface area is 169 Å². The molecule has 0 atom stereocenters. The second kappa shape index (κ2) is 8.22. The number of carbonyl (C=O) groups excluding carboxylic acids is 2. The fourth-order valence-corrected chi connectivity index (χ4v) is 3.17. The van der Waals surface area contributed by atoms with Gasteiger partial charge in [0.15, 0.2) is 5.69 Å². The second-order valence-electron chi connectivity index (χ2n) is 7.81. The number of nitrogens with zero attached hydrogens (tertiary/aromatic N) is 2. The van der Waals surface area contributed by atoms with Gasteiger partial charge in [0.05, 0.1) is 0 Å². The molecule has 0 saturated carbocycles. The summed E-state index contributed by atoms with van der Waals surface area (Å²) in [7, 11) is 0. The van der Waals surface area contributed by atoms with E-state index in [0.717, 1.165) is 16.8 Å². The van der Waals surface area contributed by atoms with Crippen LogP contribution in [-0.4, -0.2) is 45.8 Å². The Morgan fingerprint density at radius 3 is 2.57 bits per heavy atom. The average molecular weight is 405 g/mol. The van der Waals surface area contributed by atoms with Crippen LogP contribution in [0.5, 0.6) is 0 Å². The molecule has 0 saturated heterocycles. The number of rotatable bonds is 3. The monoisotopic (exact) mass is 404 g/mol. The number of nitrogens with one attached hydrogen (secondary N) is 2. The Balaban J connectivity index is 1.63. The van der Waals surface area contributed by atoms with Crippen LogP contribution in [0.2, 0.25) is 5.02 Å². The van der Waals surface area contributed by atoms with Crippen molar-refractivity contribution in [1.82, 2.24) is 20.4 Å². The highest BCUT2D eigenvalue weighted by atomic mass is 35.5. The zero-order chi connectivity index (χ0) is 20.3. The van der Waals surface area contributed by atoms with Crippen molar-refractivity contribution in [2.24, 2.45) is 0 Å². The normalized spacial score (nSPS) is 14.2. The highest BCUT2D eigenvalue weighted by molar-refractivity contribution is 6.30. The lowest BCUT2D eigenvalue weighted by atomic mass is 10.1. The molecular weight excluding hydrogens is 380 g/mol. The molecule has 3 rings (SSSR count). The van der Waals surface area contributed by atoms with E-state index in [-0.39, 0.29) is 12.0 Å². The summed E-state index contributed by atoms with van der Waals surface area (Å²) in [5, 5.41) is 10.7. The van der Waals surface area contributed by atoms with Crippen LogP contribution in [0.1, 0.15) is 48.1 Å². The maximum Gasteiger partial charge on any atom is 0.410 e. The third-order valence-corrected chi connectivity index (χ3v) is 4.70. The van der Waals surface area contributed by atoms with Crippen LogP contribution in [0.15, 0.2) is 24.3 Å². The Morgan fingerprint density at radius 1 is 1.21 bits per heavy atom. The number of ether oxygens (including phenoxy) is 1. The number of hydrogen-bond donors (Lipinski definition) is 2. The molecule has 1 aromatic carbocycles. The molecule has 2 N–H and O–H groups in total. The molecule has 0 spiro atoms. The minimum Gasteiger partial charge on any atom is -0.444 e. The summed E-state index contributed by atoms with van der Waals surface area (Å²) in [6.07, 6.45) is 0.820. The van der Waals surface area contributed by atoms with Crippen LogP contribution < -0.4 is 5.32 Å². The van der Waals surface area contributed by atoms with Gasteiger partial charge < -0.3 is 15.0 Å². The van der Waals surface area contributed by atoms with E-state index < -0.39 is 5.60 Å². The highest BCUT2D eigenvalue weighted by Gasteiger charge is 2.27. The molecule has 2 amide bonds. The number of carbonyl (C=O) groups is 2. The molecular formula is C20H25ClN4O3. The quantitative estimate of drug-likeness (QED) is 0.821. The largest absolute Gasteiger partial charge is 0.444 e. The van der Waals surface area contributed by atoms with E-state index in [4.69, 9.17) is 16.3 Å². The highest BCUT2D eigenvalue weighted by Crippen LogP contribution is 2.19. The Kier molecular flexibility index (Phi) is 5.93.